The Kier molecular flexibility index (Phi) is 38.9. The summed E-state index contributed by atoms with van der Waals surface area (Å²) in [5.74, 6) is -5.48. The highest BCUT2D eigenvalue weighted by molar-refractivity contribution is 5.79. The Morgan fingerprint density at radius 3 is 0.474 bits per heavy atom. The topological polar surface area (TPSA) is 481 Å². The molecule has 0 aromatic heterocycles. The molecule has 30 nitrogen and oxygen atoms in total. The summed E-state index contributed by atoms with van der Waals surface area (Å²) in [5.41, 5.74) is 42.5. The van der Waals surface area contributed by atoms with Gasteiger partial charge in [-0.15, -0.1) is 0 Å². The van der Waals surface area contributed by atoms with Crippen LogP contribution in [-0.2, 0) is 57.5 Å². The Hall–Kier alpha value is -6.60. The van der Waals surface area contributed by atoms with Crippen LogP contribution in [0, 0.1) is 0 Å². The maximum atomic E-state index is 13.2. The van der Waals surface area contributed by atoms with Crippen molar-refractivity contribution in [2.45, 2.75) is 77.0 Å². The summed E-state index contributed by atoms with van der Waals surface area (Å²) in [4.78, 5) is 155. The molecule has 0 aliphatic carbocycles. The monoisotopic (exact) mass is 1080 g/mol. The van der Waals surface area contributed by atoms with Gasteiger partial charge in [-0.05, 0) is 0 Å². The van der Waals surface area contributed by atoms with Gasteiger partial charge in [-0.25, -0.2) is 0 Å². The minimum absolute atomic E-state index is 0.00941. The van der Waals surface area contributed by atoms with Crippen molar-refractivity contribution in [1.29, 1.82) is 0 Å². The number of carbonyl (C=O) groups is 12. The first-order chi connectivity index (χ1) is 35.9. The lowest BCUT2D eigenvalue weighted by Crippen LogP contribution is -2.43. The molecule has 0 heterocycles. The molecule has 0 aromatic rings. The van der Waals surface area contributed by atoms with Crippen molar-refractivity contribution < 1.29 is 57.5 Å². The van der Waals surface area contributed by atoms with Gasteiger partial charge in [0.15, 0.2) is 0 Å². The molecule has 12 amide bonds. The normalized spacial score (nSPS) is 11.3. The van der Waals surface area contributed by atoms with Crippen LogP contribution in [0.1, 0.15) is 77.0 Å². The van der Waals surface area contributed by atoms with E-state index in [0.29, 0.717) is 26.2 Å². The second-order valence-electron chi connectivity index (χ2n) is 18.2. The van der Waals surface area contributed by atoms with Crippen LogP contribution in [0.4, 0.5) is 0 Å². The zero-order chi connectivity index (χ0) is 57.3. The van der Waals surface area contributed by atoms with Crippen LogP contribution in [0.25, 0.3) is 0 Å². The van der Waals surface area contributed by atoms with Gasteiger partial charge >= 0.3 is 0 Å². The largest absolute Gasteiger partial charge is 0.370 e. The smallest absolute Gasteiger partial charge is 0.221 e. The van der Waals surface area contributed by atoms with Gasteiger partial charge in [-0.2, -0.15) is 0 Å². The third-order valence-corrected chi connectivity index (χ3v) is 11.7. The molecule has 0 saturated heterocycles. The van der Waals surface area contributed by atoms with Crippen molar-refractivity contribution in [3.05, 3.63) is 0 Å². The fourth-order valence-corrected chi connectivity index (χ4v) is 7.25. The van der Waals surface area contributed by atoms with Crippen LogP contribution in [-0.4, -0.2) is 244 Å². The van der Waals surface area contributed by atoms with Gasteiger partial charge in [0.2, 0.25) is 70.9 Å². The molecule has 0 atom stereocenters. The van der Waals surface area contributed by atoms with Gasteiger partial charge < -0.3 is 96.5 Å². The van der Waals surface area contributed by atoms with Crippen LogP contribution in [0.3, 0.4) is 0 Å². The Balaban J connectivity index is 6.18. The van der Waals surface area contributed by atoms with Crippen molar-refractivity contribution in [3.63, 3.8) is 0 Å². The third kappa shape index (κ3) is 43.8. The van der Waals surface area contributed by atoms with E-state index in [0.717, 1.165) is 0 Å². The number of nitrogens with two attached hydrogens (primary N) is 8. The van der Waals surface area contributed by atoms with Crippen LogP contribution < -0.4 is 67.1 Å². The summed E-state index contributed by atoms with van der Waals surface area (Å²) in [5, 5.41) is 11.4. The molecule has 0 aromatic carbocycles. The average molecular weight is 1090 g/mol. The zero-order valence-corrected chi connectivity index (χ0v) is 44.2. The summed E-state index contributed by atoms with van der Waals surface area (Å²) < 4.78 is 0. The minimum atomic E-state index is -0.526. The number of hydrogen-bond acceptors (Lipinski definition) is 18. The third-order valence-electron chi connectivity index (χ3n) is 11.7. The van der Waals surface area contributed by atoms with Crippen LogP contribution in [0.5, 0.6) is 0 Å². The molecule has 0 fully saturated rings. The molecule has 0 saturated carbocycles. The second-order valence-corrected chi connectivity index (χ2v) is 18.2. The van der Waals surface area contributed by atoms with Gasteiger partial charge in [0.05, 0.1) is 0 Å². The number of nitrogens with one attached hydrogen (secondary N) is 4. The zero-order valence-electron chi connectivity index (χ0n) is 44.2. The fourth-order valence-electron chi connectivity index (χ4n) is 7.25. The van der Waals surface area contributed by atoms with E-state index in [4.69, 9.17) is 45.9 Å². The number of amides is 12. The molecule has 0 unspecified atom stereocenters. The highest BCUT2D eigenvalue weighted by Gasteiger charge is 2.18. The van der Waals surface area contributed by atoms with Gasteiger partial charge in [0.25, 0.3) is 0 Å². The Morgan fingerprint density at radius 2 is 0.329 bits per heavy atom. The predicted octanol–water partition coefficient (Wildman–Crippen LogP) is -8.17. The first-order valence-electron chi connectivity index (χ1n) is 25.6. The van der Waals surface area contributed by atoms with E-state index in [9.17, 15) is 57.5 Å². The number of hydrogen-bond donors (Lipinski definition) is 12. The first-order valence-corrected chi connectivity index (χ1v) is 25.6. The number of rotatable bonds is 51. The maximum absolute atomic E-state index is 13.2. The van der Waals surface area contributed by atoms with Gasteiger partial charge in [-0.3, -0.25) is 57.5 Å². The molecule has 30 heteroatoms. The van der Waals surface area contributed by atoms with Crippen LogP contribution in [0.15, 0.2) is 0 Å². The molecule has 434 valence electrons. The molecular formula is C46H88N18O12. The van der Waals surface area contributed by atoms with E-state index >= 15 is 0 Å². The molecule has 76 heavy (non-hydrogen) atoms. The maximum Gasteiger partial charge on any atom is 0.221 e. The highest BCUT2D eigenvalue weighted by atomic mass is 16.2. The Bertz CT molecular complexity index is 1520. The second kappa shape index (κ2) is 42.6. The molecule has 0 aliphatic rings. The number of primary amides is 8. The van der Waals surface area contributed by atoms with Crippen molar-refractivity contribution in [2.75, 3.05) is 144 Å². The first kappa shape index (κ1) is 69.4. The van der Waals surface area contributed by atoms with Crippen LogP contribution in [0.2, 0.25) is 0 Å². The van der Waals surface area contributed by atoms with Gasteiger partial charge in [0, 0.05) is 221 Å². The predicted molar refractivity (Wildman–Crippen MR) is 280 cm³/mol. The highest BCUT2D eigenvalue weighted by Crippen LogP contribution is 2.03. The van der Waals surface area contributed by atoms with E-state index in [1.54, 1.807) is 19.6 Å². The summed E-state index contributed by atoms with van der Waals surface area (Å²) in [7, 11) is 0. The lowest BCUT2D eigenvalue weighted by atomic mass is 10.2. The molecule has 0 aliphatic heterocycles. The SMILES string of the molecule is NC(=O)CCN(CCNC(=O)CCN(CCC(=O)NCCN(CCC(N)=O)CCC(N)=O)CCN(CCC(=O)NCCN(CCC(N)=O)CCC(N)=O)CCC(=O)NCCN(CCC(N)=O)CCC(N)=O)CCC(N)=O. The van der Waals surface area contributed by atoms with E-state index in [-0.39, 0.29) is 218 Å². The molecule has 0 radical (unpaired) electrons. The van der Waals surface area contributed by atoms with Gasteiger partial charge in [-0.1, -0.05) is 0 Å². The summed E-state index contributed by atoms with van der Waals surface area (Å²) in [6.07, 6.45) is 0.376. The minimum Gasteiger partial charge on any atom is -0.370 e. The summed E-state index contributed by atoms with van der Waals surface area (Å²) >= 11 is 0. The lowest BCUT2D eigenvalue weighted by molar-refractivity contribution is -0.123. The van der Waals surface area contributed by atoms with E-state index < -0.39 is 47.3 Å². The van der Waals surface area contributed by atoms with Crippen molar-refractivity contribution in [2.24, 2.45) is 45.9 Å². The van der Waals surface area contributed by atoms with E-state index in [1.165, 1.54) is 0 Å². The Morgan fingerprint density at radius 1 is 0.197 bits per heavy atom. The molecule has 0 spiro atoms. The molecule has 20 N–H and O–H groups in total. The van der Waals surface area contributed by atoms with Crippen molar-refractivity contribution in [1.82, 2.24) is 50.7 Å². The fraction of sp³-hybridized carbons (Fsp3) is 0.739. The molecule has 0 bridgehead atoms. The summed E-state index contributed by atoms with van der Waals surface area (Å²) in [6.45, 7) is 5.40. The lowest BCUT2D eigenvalue weighted by Gasteiger charge is -2.28. The standard InChI is InChI=1S/C46H88N18O12/c47-35(65)1-17-59(18-2-36(48)66)29-13-55-43(73)9-25-63(26-10-44(74)56-14-30-60(19-3-37(49)67)20-4-38(50)68)33-34-64(27-11-45(75)57-15-31-61(21-5-39(51)69)22-6-40(52)70)28-12-46(76)58-16-32-62(23-7-41(53)71)24-8-42(54)72/h1-34H2,(H2,47,65)(H2,48,66)(H2,49,67)(H2,50,68)(H2,51,69)(H2,52,70)(H2,53,71)(H2,54,72)(H,55,73)(H,56,74)(H,57,75)(H,58,76). The quantitative estimate of drug-likeness (QED) is 0.0269. The molecular weight excluding hydrogens is 997 g/mol. The van der Waals surface area contributed by atoms with Gasteiger partial charge in [0.1, 0.15) is 0 Å². The number of carbonyl (C=O) groups excluding carboxylic acids is 12. The van der Waals surface area contributed by atoms with Crippen LogP contribution >= 0.6 is 0 Å². The van der Waals surface area contributed by atoms with Crippen molar-refractivity contribution >= 4 is 70.9 Å². The van der Waals surface area contributed by atoms with Crippen molar-refractivity contribution in [3.8, 4) is 0 Å². The van der Waals surface area contributed by atoms with E-state index in [2.05, 4.69) is 21.3 Å². The average Bonchev–Trinajstić information content (AvgIpc) is 3.33. The number of nitrogens with zero attached hydrogens (tertiary/aromatic N) is 6. The Labute approximate surface area is 445 Å². The molecule has 0 rings (SSSR count). The van der Waals surface area contributed by atoms with E-state index in [1.807, 2.05) is 9.80 Å². The summed E-state index contributed by atoms with van der Waals surface area (Å²) in [6, 6.07) is 0.